The van der Waals surface area contributed by atoms with Crippen LogP contribution in [0.15, 0.2) is 12.2 Å². The lowest BCUT2D eigenvalue weighted by atomic mass is 10.0. The molecule has 0 amide bonds. The molecule has 0 aromatic heterocycles. The molecule has 14 heavy (non-hydrogen) atoms. The van der Waals surface area contributed by atoms with Crippen LogP contribution in [0.2, 0.25) is 0 Å². The van der Waals surface area contributed by atoms with Gasteiger partial charge in [0, 0.05) is 0 Å². The zero-order chi connectivity index (χ0) is 11.8. The van der Waals surface area contributed by atoms with E-state index in [-0.39, 0.29) is 0 Å². The second-order valence-electron chi connectivity index (χ2n) is 2.11. The van der Waals surface area contributed by atoms with Gasteiger partial charge in [-0.1, -0.05) is 0 Å². The summed E-state index contributed by atoms with van der Waals surface area (Å²) >= 11 is 0. The van der Waals surface area contributed by atoms with Gasteiger partial charge in [-0.25, -0.2) is 13.2 Å². The molecule has 0 atom stereocenters. The van der Waals surface area contributed by atoms with Crippen LogP contribution in [0.5, 0.6) is 0 Å². The highest BCUT2D eigenvalue weighted by atomic mass is 19.4. The van der Waals surface area contributed by atoms with Crippen molar-refractivity contribution in [3.8, 4) is 0 Å². The molecule has 9 heteroatoms. The first kappa shape index (κ1) is 13.1. The van der Waals surface area contributed by atoms with Crippen molar-refractivity contribution in [3.05, 3.63) is 12.2 Å². The monoisotopic (exact) mass is 232 g/mol. The molecule has 0 nitrogen and oxygen atoms in total. The molecular formula is C5HF9. The Morgan fingerprint density at radius 3 is 1.14 bits per heavy atom. The molecule has 0 heterocycles. The summed E-state index contributed by atoms with van der Waals surface area (Å²) in [5.41, 5.74) is -6.30. The molecule has 0 bridgehead atoms. The highest BCUT2D eigenvalue weighted by Gasteiger charge is 2.75. The second kappa shape index (κ2) is 3.35. The summed E-state index contributed by atoms with van der Waals surface area (Å²) in [4.78, 5) is 0. The Bertz CT molecular complexity index is 217. The molecule has 0 aliphatic heterocycles. The summed E-state index contributed by atoms with van der Waals surface area (Å²) < 4.78 is 104. The lowest BCUT2D eigenvalue weighted by molar-refractivity contribution is -0.331. The van der Waals surface area contributed by atoms with Gasteiger partial charge in [0.1, 0.15) is 6.33 Å². The van der Waals surface area contributed by atoms with Gasteiger partial charge in [-0.2, -0.15) is 26.3 Å². The van der Waals surface area contributed by atoms with Crippen LogP contribution >= 0.6 is 0 Å². The maximum absolute atomic E-state index is 12.3. The van der Waals surface area contributed by atoms with E-state index in [1.54, 1.807) is 0 Å². The number of hydrogen-bond donors (Lipinski definition) is 0. The van der Waals surface area contributed by atoms with Crippen molar-refractivity contribution in [2.45, 2.75) is 18.0 Å². The fourth-order valence-corrected chi connectivity index (χ4v) is 0.507. The molecule has 0 aliphatic rings. The third-order valence-electron chi connectivity index (χ3n) is 1.21. The summed E-state index contributed by atoms with van der Waals surface area (Å²) in [7, 11) is 0. The molecule has 0 rings (SSSR count). The zero-order valence-electron chi connectivity index (χ0n) is 5.98. The van der Waals surface area contributed by atoms with E-state index in [2.05, 4.69) is 0 Å². The summed E-state index contributed by atoms with van der Waals surface area (Å²) in [5.74, 6) is -3.59. The molecule has 0 saturated heterocycles. The Kier molecular flexibility index (Phi) is 3.14. The van der Waals surface area contributed by atoms with E-state index in [9.17, 15) is 39.5 Å². The van der Waals surface area contributed by atoms with Crippen LogP contribution in [-0.2, 0) is 0 Å². The van der Waals surface area contributed by atoms with Gasteiger partial charge in [-0.05, 0) is 0 Å². The van der Waals surface area contributed by atoms with Crippen molar-refractivity contribution in [2.24, 2.45) is 0 Å². The van der Waals surface area contributed by atoms with Gasteiger partial charge in [0.25, 0.3) is 0 Å². The Labute approximate surface area is 71.0 Å². The minimum atomic E-state index is -6.61. The van der Waals surface area contributed by atoms with E-state index in [1.165, 1.54) is 0 Å². The summed E-state index contributed by atoms with van der Waals surface area (Å²) in [5, 5.41) is 0. The summed E-state index contributed by atoms with van der Waals surface area (Å²) in [6.07, 6.45) is -14.9. The van der Waals surface area contributed by atoms with Crippen molar-refractivity contribution in [1.29, 1.82) is 0 Å². The third kappa shape index (κ3) is 1.80. The maximum Gasteiger partial charge on any atom is 0.438 e. The SMILES string of the molecule is F/C=C(\F)C(F)(C(F)(F)F)C(F)(F)F. The van der Waals surface area contributed by atoms with Crippen LogP contribution in [0.1, 0.15) is 0 Å². The van der Waals surface area contributed by atoms with Gasteiger partial charge in [0.05, 0.1) is 0 Å². The Morgan fingerprint density at radius 1 is 0.786 bits per heavy atom. The lowest BCUT2D eigenvalue weighted by Gasteiger charge is -2.27. The molecule has 0 unspecified atom stereocenters. The minimum absolute atomic E-state index is 1.72. The van der Waals surface area contributed by atoms with E-state index in [1.807, 2.05) is 0 Å². The Balaban J connectivity index is 5.53. The number of rotatable bonds is 1. The molecule has 0 saturated carbocycles. The van der Waals surface area contributed by atoms with Crippen molar-refractivity contribution in [1.82, 2.24) is 0 Å². The van der Waals surface area contributed by atoms with Crippen LogP contribution in [0.3, 0.4) is 0 Å². The zero-order valence-corrected chi connectivity index (χ0v) is 5.98. The predicted molar refractivity (Wildman–Crippen MR) is 26.2 cm³/mol. The van der Waals surface area contributed by atoms with Gasteiger partial charge in [-0.3, -0.25) is 0 Å². The highest BCUT2D eigenvalue weighted by molar-refractivity contribution is 5.15. The van der Waals surface area contributed by atoms with E-state index in [0.29, 0.717) is 0 Å². The molecule has 0 aliphatic carbocycles. The average Bonchev–Trinajstić information content (AvgIpc) is 1.97. The normalized spacial score (nSPS) is 15.9. The van der Waals surface area contributed by atoms with Crippen LogP contribution in [0.4, 0.5) is 39.5 Å². The van der Waals surface area contributed by atoms with Crippen LogP contribution in [0.25, 0.3) is 0 Å². The summed E-state index contributed by atoms with van der Waals surface area (Å²) in [6.45, 7) is 0. The largest absolute Gasteiger partial charge is 0.438 e. The van der Waals surface area contributed by atoms with E-state index >= 15 is 0 Å². The van der Waals surface area contributed by atoms with Crippen LogP contribution in [0, 0.1) is 0 Å². The number of alkyl halides is 7. The van der Waals surface area contributed by atoms with Gasteiger partial charge < -0.3 is 0 Å². The van der Waals surface area contributed by atoms with Crippen molar-refractivity contribution >= 4 is 0 Å². The average molecular weight is 232 g/mol. The molecular weight excluding hydrogens is 231 g/mol. The molecule has 0 aromatic carbocycles. The first-order valence-electron chi connectivity index (χ1n) is 2.77. The molecule has 0 fully saturated rings. The van der Waals surface area contributed by atoms with Crippen molar-refractivity contribution in [2.75, 3.05) is 0 Å². The first-order valence-corrected chi connectivity index (χ1v) is 2.77. The standard InChI is InChI=1S/C5HF9/c6-1-2(7)3(8,4(9,10)11)5(12,13)14/h1H/b2-1-. The maximum atomic E-state index is 12.3. The predicted octanol–water partition coefficient (Wildman–Crippen LogP) is 3.60. The number of allylic oxidation sites excluding steroid dienone is 1. The van der Waals surface area contributed by atoms with Gasteiger partial charge in [0.15, 0.2) is 5.83 Å². The minimum Gasteiger partial charge on any atom is -0.215 e. The first-order chi connectivity index (χ1) is 5.98. The van der Waals surface area contributed by atoms with Crippen molar-refractivity contribution in [3.63, 3.8) is 0 Å². The van der Waals surface area contributed by atoms with Crippen LogP contribution in [-0.4, -0.2) is 18.0 Å². The Morgan fingerprint density at radius 2 is 1.07 bits per heavy atom. The fourth-order valence-electron chi connectivity index (χ4n) is 0.507. The van der Waals surface area contributed by atoms with E-state index < -0.39 is 30.2 Å². The molecule has 0 spiro atoms. The topological polar surface area (TPSA) is 0 Å². The quantitative estimate of drug-likeness (QED) is 0.606. The summed E-state index contributed by atoms with van der Waals surface area (Å²) in [6, 6.07) is 0. The van der Waals surface area contributed by atoms with Gasteiger partial charge >= 0.3 is 18.0 Å². The molecule has 0 radical (unpaired) electrons. The van der Waals surface area contributed by atoms with E-state index in [4.69, 9.17) is 0 Å². The molecule has 0 aromatic rings. The van der Waals surface area contributed by atoms with E-state index in [0.717, 1.165) is 0 Å². The van der Waals surface area contributed by atoms with Gasteiger partial charge in [-0.15, -0.1) is 0 Å². The highest BCUT2D eigenvalue weighted by Crippen LogP contribution is 2.50. The molecule has 84 valence electrons. The van der Waals surface area contributed by atoms with Crippen molar-refractivity contribution < 1.29 is 39.5 Å². The smallest absolute Gasteiger partial charge is 0.215 e. The molecule has 0 N–H and O–H groups in total. The third-order valence-corrected chi connectivity index (χ3v) is 1.21. The number of halogens is 9. The number of hydrogen-bond acceptors (Lipinski definition) is 0. The lowest BCUT2D eigenvalue weighted by Crippen LogP contribution is -2.53. The second-order valence-corrected chi connectivity index (χ2v) is 2.11. The fraction of sp³-hybridized carbons (Fsp3) is 0.600. The van der Waals surface area contributed by atoms with Crippen LogP contribution < -0.4 is 0 Å². The Hall–Kier alpha value is -0.890. The van der Waals surface area contributed by atoms with Gasteiger partial charge in [0.2, 0.25) is 0 Å².